The summed E-state index contributed by atoms with van der Waals surface area (Å²) < 4.78 is 7.60. The van der Waals surface area contributed by atoms with Gasteiger partial charge in [0, 0.05) is 11.1 Å². The third kappa shape index (κ3) is 13.5. The number of unbranched alkanes of at least 4 members (excludes halogenated alkanes) is 18. The molecule has 3 N–H and O–H groups in total. The molecule has 0 aliphatic heterocycles. The van der Waals surface area contributed by atoms with Crippen LogP contribution in [-0.2, 0) is 24.9 Å². The monoisotopic (exact) mass is 743 g/mol. The molecule has 0 atom stereocenters. The van der Waals surface area contributed by atoms with Crippen molar-refractivity contribution in [3.63, 3.8) is 0 Å². The normalized spacial score (nSPS) is 12.0. The second kappa shape index (κ2) is 27.0. The van der Waals surface area contributed by atoms with Crippen LogP contribution in [0.3, 0.4) is 0 Å². The van der Waals surface area contributed by atoms with Gasteiger partial charge in [0.15, 0.2) is 5.60 Å². The van der Waals surface area contributed by atoms with Crippen LogP contribution in [0.4, 0.5) is 0 Å². The Bertz CT molecular complexity index is 1310. The zero-order valence-electron chi connectivity index (χ0n) is 34.8. The molecule has 3 rings (SSSR count). The highest BCUT2D eigenvalue weighted by molar-refractivity contribution is 5.50. The summed E-state index contributed by atoms with van der Waals surface area (Å²) in [5, 5.41) is 34.4. The van der Waals surface area contributed by atoms with Crippen molar-refractivity contribution in [1.82, 2.24) is 0 Å². The fourth-order valence-corrected chi connectivity index (χ4v) is 8.37. The van der Waals surface area contributed by atoms with Crippen molar-refractivity contribution in [3.05, 3.63) is 101 Å². The fourth-order valence-electron chi connectivity index (χ4n) is 8.37. The molecule has 0 amide bonds. The number of aliphatic hydroxyl groups excluding tert-OH is 3. The maximum absolute atomic E-state index is 11.5. The van der Waals surface area contributed by atoms with E-state index in [1.807, 2.05) is 6.07 Å². The minimum absolute atomic E-state index is 0.433. The van der Waals surface area contributed by atoms with Gasteiger partial charge in [-0.05, 0) is 61.3 Å². The maximum atomic E-state index is 11.5. The number of aryl methyl sites for hydroxylation is 3. The number of hydrogen-bond acceptors (Lipinski definition) is 4. The molecule has 0 heterocycles. The summed E-state index contributed by atoms with van der Waals surface area (Å²) in [5.41, 5.74) is 2.55. The molecular weight excluding hydrogens is 665 g/mol. The summed E-state index contributed by atoms with van der Waals surface area (Å²) in [7, 11) is 0. The van der Waals surface area contributed by atoms with E-state index in [4.69, 9.17) is 4.74 Å². The fraction of sp³-hybridized carbons (Fsp3) is 0.640. The topological polar surface area (TPSA) is 69.9 Å². The van der Waals surface area contributed by atoms with Crippen molar-refractivity contribution in [2.75, 3.05) is 19.8 Å². The average Bonchev–Trinajstić information content (AvgIpc) is 3.21. The highest BCUT2D eigenvalue weighted by atomic mass is 16.5. The number of hydrogen-bond donors (Lipinski definition) is 3. The predicted octanol–water partition coefficient (Wildman–Crippen LogP) is 12.9. The van der Waals surface area contributed by atoms with Crippen LogP contribution in [0, 0.1) is 5.41 Å². The van der Waals surface area contributed by atoms with E-state index < -0.39 is 30.8 Å². The Hall–Kier alpha value is -2.66. The lowest BCUT2D eigenvalue weighted by Gasteiger charge is -2.50. The Morgan fingerprint density at radius 2 is 0.704 bits per heavy atom. The molecule has 54 heavy (non-hydrogen) atoms. The maximum Gasteiger partial charge on any atom is 0.172 e. The minimum Gasteiger partial charge on any atom is -0.477 e. The zero-order chi connectivity index (χ0) is 38.7. The third-order valence-electron chi connectivity index (χ3n) is 11.8. The van der Waals surface area contributed by atoms with Gasteiger partial charge in [-0.2, -0.15) is 0 Å². The lowest BCUT2D eigenvalue weighted by atomic mass is 9.63. The number of para-hydroxylation sites is 1. The van der Waals surface area contributed by atoms with Crippen LogP contribution < -0.4 is 4.74 Å². The van der Waals surface area contributed by atoms with Crippen molar-refractivity contribution in [2.24, 2.45) is 5.41 Å². The van der Waals surface area contributed by atoms with Crippen LogP contribution in [0.25, 0.3) is 0 Å². The van der Waals surface area contributed by atoms with Crippen LogP contribution in [0.15, 0.2) is 72.8 Å². The Balaban J connectivity index is 2.13. The quantitative estimate of drug-likeness (QED) is 0.0557. The zero-order valence-corrected chi connectivity index (χ0v) is 34.8. The Kier molecular flexibility index (Phi) is 22.9. The van der Waals surface area contributed by atoms with E-state index in [2.05, 4.69) is 87.5 Å². The molecule has 0 unspecified atom stereocenters. The third-order valence-corrected chi connectivity index (χ3v) is 11.8. The number of ether oxygens (including phenoxy) is 1. The number of rotatable bonds is 32. The van der Waals surface area contributed by atoms with Gasteiger partial charge in [0.1, 0.15) is 5.75 Å². The number of aliphatic hydroxyl groups is 3. The first-order chi connectivity index (χ1) is 26.6. The van der Waals surface area contributed by atoms with Gasteiger partial charge >= 0.3 is 0 Å². The van der Waals surface area contributed by atoms with Crippen molar-refractivity contribution in [2.45, 2.75) is 180 Å². The molecule has 0 fully saturated rings. The Morgan fingerprint density at radius 3 is 1.09 bits per heavy atom. The summed E-state index contributed by atoms with van der Waals surface area (Å²) in [6, 6.07) is 25.3. The first-order valence-corrected chi connectivity index (χ1v) is 22.3. The molecule has 4 nitrogen and oxygen atoms in total. The molecule has 3 aromatic rings. The van der Waals surface area contributed by atoms with E-state index in [0.717, 1.165) is 84.9 Å². The predicted molar refractivity (Wildman–Crippen MR) is 230 cm³/mol. The van der Waals surface area contributed by atoms with E-state index in [-0.39, 0.29) is 0 Å². The molecule has 0 bridgehead atoms. The Labute approximate surface area is 331 Å². The second-order valence-electron chi connectivity index (χ2n) is 16.1. The highest BCUT2D eigenvalue weighted by Crippen LogP contribution is 2.51. The van der Waals surface area contributed by atoms with Gasteiger partial charge in [-0.25, -0.2) is 0 Å². The molecule has 0 aromatic heterocycles. The molecule has 0 saturated heterocycles. The van der Waals surface area contributed by atoms with Crippen LogP contribution in [0.5, 0.6) is 5.75 Å². The second-order valence-corrected chi connectivity index (χ2v) is 16.1. The molecule has 0 saturated carbocycles. The lowest BCUT2D eigenvalue weighted by molar-refractivity contribution is -0.122. The van der Waals surface area contributed by atoms with Crippen LogP contribution >= 0.6 is 0 Å². The molecule has 4 heteroatoms. The highest BCUT2D eigenvalue weighted by Gasteiger charge is 2.57. The van der Waals surface area contributed by atoms with Crippen molar-refractivity contribution < 1.29 is 20.1 Å². The van der Waals surface area contributed by atoms with E-state index in [0.29, 0.717) is 0 Å². The van der Waals surface area contributed by atoms with Gasteiger partial charge in [-0.15, -0.1) is 0 Å². The van der Waals surface area contributed by atoms with Gasteiger partial charge in [-0.1, -0.05) is 203 Å². The van der Waals surface area contributed by atoms with Gasteiger partial charge < -0.3 is 20.1 Å². The summed E-state index contributed by atoms with van der Waals surface area (Å²) in [6.07, 6.45) is 28.4. The van der Waals surface area contributed by atoms with Crippen molar-refractivity contribution >= 4 is 0 Å². The first kappa shape index (κ1) is 45.7. The average molecular weight is 743 g/mol. The minimum atomic E-state index is -1.41. The molecule has 0 spiro atoms. The van der Waals surface area contributed by atoms with Gasteiger partial charge in [0.2, 0.25) is 0 Å². The molecule has 0 aliphatic rings. The van der Waals surface area contributed by atoms with E-state index >= 15 is 0 Å². The summed E-state index contributed by atoms with van der Waals surface area (Å²) in [6.45, 7) is 5.48. The Morgan fingerprint density at radius 1 is 0.389 bits per heavy atom. The van der Waals surface area contributed by atoms with Crippen LogP contribution in [0.1, 0.15) is 183 Å². The molecule has 0 aliphatic carbocycles. The van der Waals surface area contributed by atoms with E-state index in [9.17, 15) is 15.3 Å². The largest absolute Gasteiger partial charge is 0.477 e. The van der Waals surface area contributed by atoms with Crippen LogP contribution in [0.2, 0.25) is 0 Å². The van der Waals surface area contributed by atoms with Gasteiger partial charge in [0.25, 0.3) is 0 Å². The summed E-state index contributed by atoms with van der Waals surface area (Å²) in [5.74, 6) is 0.764. The van der Waals surface area contributed by atoms with Crippen LogP contribution in [-0.4, -0.2) is 35.1 Å². The molecule has 302 valence electrons. The van der Waals surface area contributed by atoms with E-state index in [1.54, 1.807) is 0 Å². The molecule has 0 radical (unpaired) electrons. The van der Waals surface area contributed by atoms with Crippen molar-refractivity contribution in [3.8, 4) is 5.75 Å². The van der Waals surface area contributed by atoms with Gasteiger partial charge in [0.05, 0.1) is 25.2 Å². The van der Waals surface area contributed by atoms with E-state index in [1.165, 1.54) is 103 Å². The number of benzene rings is 3. The standard InChI is InChI=1S/C50H78O4/c1-4-7-10-13-16-19-22-31-43-33-25-28-37-46(43)50(49(40-51,41-52)42-53,47-38-29-26-34-44(47)32-23-20-17-14-11-8-5-2)54-48-39-30-27-36-45(48)35-24-21-18-15-12-9-6-3/h25-30,33-34,36-39,51-53H,4-24,31-32,35,40-42H2,1-3H3. The smallest absolute Gasteiger partial charge is 0.172 e. The van der Waals surface area contributed by atoms with Gasteiger partial charge in [-0.3, -0.25) is 0 Å². The molecule has 3 aromatic carbocycles. The summed E-state index contributed by atoms with van der Waals surface area (Å²) >= 11 is 0. The SMILES string of the molecule is CCCCCCCCCc1ccccc1OC(c1ccccc1CCCCCCCCC)(c1ccccc1CCCCCCCCC)C(CO)(CO)CO. The summed E-state index contributed by atoms with van der Waals surface area (Å²) in [4.78, 5) is 0. The molecular formula is C50H78O4. The van der Waals surface area contributed by atoms with Crippen molar-refractivity contribution in [1.29, 1.82) is 0 Å². The first-order valence-electron chi connectivity index (χ1n) is 22.3. The lowest BCUT2D eigenvalue weighted by Crippen LogP contribution is -2.58.